The van der Waals surface area contributed by atoms with E-state index in [-0.39, 0.29) is 11.8 Å². The van der Waals surface area contributed by atoms with Gasteiger partial charge in [-0.05, 0) is 105 Å². The second-order valence-electron chi connectivity index (χ2n) is 9.18. The molecule has 1 fully saturated rings. The third-order valence-corrected chi connectivity index (χ3v) is 6.78. The summed E-state index contributed by atoms with van der Waals surface area (Å²) in [6.07, 6.45) is 3.28. The fourth-order valence-electron chi connectivity index (χ4n) is 4.35. The van der Waals surface area contributed by atoms with Gasteiger partial charge in [-0.25, -0.2) is 0 Å². The number of nitrogens with one attached hydrogen (secondary N) is 3. The molecule has 0 atom stereocenters. The Hall–Kier alpha value is -3.35. The van der Waals surface area contributed by atoms with Gasteiger partial charge in [0.05, 0.1) is 0 Å². The van der Waals surface area contributed by atoms with Gasteiger partial charge in [0.1, 0.15) is 0 Å². The van der Waals surface area contributed by atoms with Gasteiger partial charge < -0.3 is 20.9 Å². The molecule has 0 radical (unpaired) electrons. The SMILES string of the molecule is O=C(NCC1CCN(CCCNc2ccc(C(=O)Nc3ccc(Cl)cc3)cc2)CC1)c1ccccc1. The van der Waals surface area contributed by atoms with Crippen LogP contribution >= 0.6 is 11.6 Å². The zero-order valence-corrected chi connectivity index (χ0v) is 21.1. The van der Waals surface area contributed by atoms with E-state index in [1.165, 1.54) is 0 Å². The number of hydrogen-bond donors (Lipinski definition) is 3. The van der Waals surface area contributed by atoms with Crippen molar-refractivity contribution in [2.75, 3.05) is 43.4 Å². The van der Waals surface area contributed by atoms with Crippen molar-refractivity contribution in [3.63, 3.8) is 0 Å². The zero-order chi connectivity index (χ0) is 25.2. The fraction of sp³-hybridized carbons (Fsp3) is 0.310. The van der Waals surface area contributed by atoms with Crippen LogP contribution in [0, 0.1) is 5.92 Å². The molecule has 2 amide bonds. The Labute approximate surface area is 218 Å². The van der Waals surface area contributed by atoms with Crippen LogP contribution in [-0.4, -0.2) is 49.4 Å². The molecule has 0 aliphatic carbocycles. The van der Waals surface area contributed by atoms with E-state index in [2.05, 4.69) is 20.9 Å². The van der Waals surface area contributed by atoms with E-state index < -0.39 is 0 Å². The summed E-state index contributed by atoms with van der Waals surface area (Å²) in [4.78, 5) is 27.1. The molecule has 1 heterocycles. The van der Waals surface area contributed by atoms with Crippen LogP contribution in [0.1, 0.15) is 40.0 Å². The smallest absolute Gasteiger partial charge is 0.255 e. The van der Waals surface area contributed by atoms with Crippen LogP contribution in [0.5, 0.6) is 0 Å². The normalized spacial score (nSPS) is 14.2. The molecule has 1 saturated heterocycles. The van der Waals surface area contributed by atoms with E-state index >= 15 is 0 Å². The van der Waals surface area contributed by atoms with Gasteiger partial charge in [0.15, 0.2) is 0 Å². The number of anilines is 2. The Balaban J connectivity index is 1.09. The highest BCUT2D eigenvalue weighted by molar-refractivity contribution is 6.30. The first-order valence-corrected chi connectivity index (χ1v) is 12.9. The number of piperidine rings is 1. The molecule has 6 nitrogen and oxygen atoms in total. The van der Waals surface area contributed by atoms with Crippen molar-refractivity contribution in [2.45, 2.75) is 19.3 Å². The lowest BCUT2D eigenvalue weighted by atomic mass is 9.96. The maximum absolute atomic E-state index is 12.4. The largest absolute Gasteiger partial charge is 0.385 e. The minimum Gasteiger partial charge on any atom is -0.385 e. The van der Waals surface area contributed by atoms with Crippen LogP contribution in [0.3, 0.4) is 0 Å². The first-order valence-electron chi connectivity index (χ1n) is 12.5. The molecule has 0 unspecified atom stereocenters. The number of carbonyl (C=O) groups is 2. The summed E-state index contributed by atoms with van der Waals surface area (Å²) in [6, 6.07) is 24.0. The van der Waals surface area contributed by atoms with Gasteiger partial charge in [0.2, 0.25) is 0 Å². The molecule has 4 rings (SSSR count). The highest BCUT2D eigenvalue weighted by Crippen LogP contribution is 2.18. The predicted octanol–water partition coefficient (Wildman–Crippen LogP) is 5.54. The molecule has 0 spiro atoms. The molecular formula is C29H33ClN4O2. The summed E-state index contributed by atoms with van der Waals surface area (Å²) in [5, 5.41) is 10.0. The number of hydrogen-bond acceptors (Lipinski definition) is 4. The zero-order valence-electron chi connectivity index (χ0n) is 20.4. The van der Waals surface area contributed by atoms with Gasteiger partial charge in [-0.2, -0.15) is 0 Å². The Morgan fingerprint density at radius 3 is 2.14 bits per heavy atom. The van der Waals surface area contributed by atoms with E-state index in [1.54, 1.807) is 24.3 Å². The highest BCUT2D eigenvalue weighted by atomic mass is 35.5. The molecule has 3 aromatic carbocycles. The molecule has 36 heavy (non-hydrogen) atoms. The molecule has 188 valence electrons. The summed E-state index contributed by atoms with van der Waals surface area (Å²) in [5.41, 5.74) is 3.05. The molecule has 7 heteroatoms. The quantitative estimate of drug-likeness (QED) is 0.317. The lowest BCUT2D eigenvalue weighted by molar-refractivity contribution is 0.0935. The van der Waals surface area contributed by atoms with E-state index in [0.29, 0.717) is 22.2 Å². The molecule has 0 saturated carbocycles. The van der Waals surface area contributed by atoms with E-state index in [4.69, 9.17) is 11.6 Å². The van der Waals surface area contributed by atoms with Crippen molar-refractivity contribution in [3.8, 4) is 0 Å². The Kier molecular flexibility index (Phi) is 9.36. The van der Waals surface area contributed by atoms with Gasteiger partial charge in [0.25, 0.3) is 11.8 Å². The standard InChI is InChI=1S/C29H33ClN4O2/c30-25-9-13-27(14-10-25)33-29(36)24-7-11-26(12-8-24)31-17-4-18-34-19-15-22(16-20-34)21-32-28(35)23-5-2-1-3-6-23/h1-3,5-14,22,31H,4,15-21H2,(H,32,35)(H,33,36). The number of benzene rings is 3. The van der Waals surface area contributed by atoms with Crippen molar-refractivity contribution >= 4 is 34.8 Å². The number of amides is 2. The fourth-order valence-corrected chi connectivity index (χ4v) is 4.48. The van der Waals surface area contributed by atoms with E-state index in [1.807, 2.05) is 54.6 Å². The maximum Gasteiger partial charge on any atom is 0.255 e. The van der Waals surface area contributed by atoms with Crippen molar-refractivity contribution in [1.82, 2.24) is 10.2 Å². The van der Waals surface area contributed by atoms with Crippen molar-refractivity contribution in [3.05, 3.63) is 95.0 Å². The summed E-state index contributed by atoms with van der Waals surface area (Å²) in [5.74, 6) is 0.411. The van der Waals surface area contributed by atoms with Crippen LogP contribution in [0.2, 0.25) is 5.02 Å². The van der Waals surface area contributed by atoms with Crippen LogP contribution in [0.25, 0.3) is 0 Å². The van der Waals surface area contributed by atoms with E-state index in [0.717, 1.165) is 63.2 Å². The molecule has 1 aliphatic heterocycles. The number of likely N-dealkylation sites (tertiary alicyclic amines) is 1. The minimum absolute atomic E-state index is 0.0133. The monoisotopic (exact) mass is 504 g/mol. The maximum atomic E-state index is 12.4. The van der Waals surface area contributed by atoms with Crippen LogP contribution in [0.4, 0.5) is 11.4 Å². The lowest BCUT2D eigenvalue weighted by Crippen LogP contribution is -2.39. The molecule has 3 N–H and O–H groups in total. The van der Waals surface area contributed by atoms with Crippen molar-refractivity contribution in [2.24, 2.45) is 5.92 Å². The average Bonchev–Trinajstić information content (AvgIpc) is 2.92. The third-order valence-electron chi connectivity index (χ3n) is 6.52. The second-order valence-corrected chi connectivity index (χ2v) is 9.62. The molecule has 0 bridgehead atoms. The van der Waals surface area contributed by atoms with Crippen LogP contribution in [0.15, 0.2) is 78.9 Å². The lowest BCUT2D eigenvalue weighted by Gasteiger charge is -2.32. The molecule has 1 aliphatic rings. The van der Waals surface area contributed by atoms with Gasteiger partial charge in [-0.15, -0.1) is 0 Å². The first kappa shape index (κ1) is 25.7. The van der Waals surface area contributed by atoms with E-state index in [9.17, 15) is 9.59 Å². The number of rotatable bonds is 10. The molecule has 3 aromatic rings. The summed E-state index contributed by atoms with van der Waals surface area (Å²) >= 11 is 5.89. The summed E-state index contributed by atoms with van der Waals surface area (Å²) in [7, 11) is 0. The second kappa shape index (κ2) is 13.1. The van der Waals surface area contributed by atoms with Crippen LogP contribution < -0.4 is 16.0 Å². The molecular weight excluding hydrogens is 472 g/mol. The topological polar surface area (TPSA) is 73.5 Å². The van der Waals surface area contributed by atoms with Gasteiger partial charge in [0, 0.05) is 40.6 Å². The van der Waals surface area contributed by atoms with Gasteiger partial charge >= 0.3 is 0 Å². The van der Waals surface area contributed by atoms with Crippen LogP contribution in [-0.2, 0) is 0 Å². The molecule has 0 aromatic heterocycles. The third kappa shape index (κ3) is 7.83. The highest BCUT2D eigenvalue weighted by Gasteiger charge is 2.19. The summed E-state index contributed by atoms with van der Waals surface area (Å²) in [6.45, 7) is 4.82. The predicted molar refractivity (Wildman–Crippen MR) is 147 cm³/mol. The van der Waals surface area contributed by atoms with Gasteiger partial charge in [-0.3, -0.25) is 9.59 Å². The van der Waals surface area contributed by atoms with Gasteiger partial charge in [-0.1, -0.05) is 29.8 Å². The number of halogens is 1. The minimum atomic E-state index is -0.146. The van der Waals surface area contributed by atoms with Crippen molar-refractivity contribution in [1.29, 1.82) is 0 Å². The average molecular weight is 505 g/mol. The Bertz CT molecular complexity index is 1110. The Morgan fingerprint density at radius 2 is 1.44 bits per heavy atom. The van der Waals surface area contributed by atoms with Crippen molar-refractivity contribution < 1.29 is 9.59 Å². The summed E-state index contributed by atoms with van der Waals surface area (Å²) < 4.78 is 0. The number of nitrogens with zero attached hydrogens (tertiary/aromatic N) is 1. The Morgan fingerprint density at radius 1 is 0.806 bits per heavy atom. The number of carbonyl (C=O) groups excluding carboxylic acids is 2. The first-order chi connectivity index (χ1) is 17.6.